The number of hydrogen-bond acceptors (Lipinski definition) is 5. The van der Waals surface area contributed by atoms with E-state index in [1.54, 1.807) is 11.8 Å². The molecule has 1 atom stereocenters. The summed E-state index contributed by atoms with van der Waals surface area (Å²) in [6.07, 6.45) is 1.53. The van der Waals surface area contributed by atoms with Gasteiger partial charge in [-0.1, -0.05) is 6.92 Å². The number of aliphatic carboxylic acids is 1. The van der Waals surface area contributed by atoms with Crippen LogP contribution < -0.4 is 5.32 Å². The first-order valence-electron chi connectivity index (χ1n) is 8.11. The van der Waals surface area contributed by atoms with Crippen LogP contribution in [0.5, 0.6) is 0 Å². The highest BCUT2D eigenvalue weighted by atomic mass is 16.4. The van der Waals surface area contributed by atoms with Crippen LogP contribution in [0.25, 0.3) is 0 Å². The lowest BCUT2D eigenvalue weighted by Gasteiger charge is -2.31. The number of carbonyl (C=O) groups is 3. The van der Waals surface area contributed by atoms with Crippen molar-refractivity contribution in [3.8, 4) is 0 Å². The third-order valence-corrected chi connectivity index (χ3v) is 4.13. The first-order chi connectivity index (χ1) is 11.4. The molecule has 1 fully saturated rings. The summed E-state index contributed by atoms with van der Waals surface area (Å²) >= 11 is 0. The third kappa shape index (κ3) is 4.53. The molecule has 2 rings (SSSR count). The predicted octanol–water partition coefficient (Wildman–Crippen LogP) is 0.258. The van der Waals surface area contributed by atoms with Crippen molar-refractivity contribution in [1.29, 1.82) is 0 Å². The average Bonchev–Trinajstić information content (AvgIpc) is 3.02. The quantitative estimate of drug-likeness (QED) is 0.683. The molecule has 3 N–H and O–H groups in total. The molecular weight excluding hydrogens is 314 g/mol. The number of carbonyl (C=O) groups excluding carboxylic acids is 2. The van der Waals surface area contributed by atoms with E-state index in [4.69, 9.17) is 5.11 Å². The first-order valence-corrected chi connectivity index (χ1v) is 8.11. The molecule has 9 nitrogen and oxygen atoms in total. The molecule has 132 valence electrons. The van der Waals surface area contributed by atoms with Crippen LogP contribution in [-0.2, 0) is 20.8 Å². The van der Waals surface area contributed by atoms with Gasteiger partial charge in [0.15, 0.2) is 5.82 Å². The summed E-state index contributed by atoms with van der Waals surface area (Å²) in [6, 6.07) is -0.411. The molecular formula is C15H23N5O4. The molecule has 1 aliphatic heterocycles. The Morgan fingerprint density at radius 3 is 2.62 bits per heavy atom. The van der Waals surface area contributed by atoms with E-state index < -0.39 is 12.0 Å². The van der Waals surface area contributed by atoms with E-state index in [0.717, 1.165) is 0 Å². The Morgan fingerprint density at radius 1 is 1.38 bits per heavy atom. The van der Waals surface area contributed by atoms with Gasteiger partial charge in [-0.3, -0.25) is 19.5 Å². The fourth-order valence-electron chi connectivity index (χ4n) is 2.74. The van der Waals surface area contributed by atoms with Gasteiger partial charge in [-0.25, -0.2) is 4.98 Å². The summed E-state index contributed by atoms with van der Waals surface area (Å²) in [5, 5.41) is 18.1. The zero-order chi connectivity index (χ0) is 17.7. The van der Waals surface area contributed by atoms with Crippen LogP contribution in [0.4, 0.5) is 0 Å². The number of piperidine rings is 1. The van der Waals surface area contributed by atoms with Gasteiger partial charge < -0.3 is 15.3 Å². The van der Waals surface area contributed by atoms with Crippen molar-refractivity contribution in [2.45, 2.75) is 45.6 Å². The van der Waals surface area contributed by atoms with E-state index >= 15 is 0 Å². The number of likely N-dealkylation sites (tertiary alicyclic amines) is 1. The normalized spacial score (nSPS) is 16.7. The Labute approximate surface area is 139 Å². The molecule has 0 spiro atoms. The summed E-state index contributed by atoms with van der Waals surface area (Å²) in [5.74, 6) is -0.485. The Bertz CT molecular complexity index is 607. The van der Waals surface area contributed by atoms with Gasteiger partial charge in [-0.15, -0.1) is 0 Å². The largest absolute Gasteiger partial charge is 0.481 e. The predicted molar refractivity (Wildman–Crippen MR) is 83.9 cm³/mol. The Morgan fingerprint density at radius 2 is 2.04 bits per heavy atom. The number of aromatic amines is 1. The summed E-state index contributed by atoms with van der Waals surface area (Å²) in [7, 11) is 0. The van der Waals surface area contributed by atoms with Crippen LogP contribution in [0.2, 0.25) is 0 Å². The van der Waals surface area contributed by atoms with Crippen molar-refractivity contribution in [2.24, 2.45) is 5.92 Å². The molecule has 0 bridgehead atoms. The minimum Gasteiger partial charge on any atom is -0.481 e. The summed E-state index contributed by atoms with van der Waals surface area (Å²) in [4.78, 5) is 40.5. The van der Waals surface area contributed by atoms with Gasteiger partial charge in [0.05, 0.1) is 6.04 Å². The number of H-pyrrole nitrogens is 1. The number of amides is 2. The van der Waals surface area contributed by atoms with Crippen LogP contribution in [0.15, 0.2) is 0 Å². The summed E-state index contributed by atoms with van der Waals surface area (Å²) < 4.78 is 0. The van der Waals surface area contributed by atoms with Crippen molar-refractivity contribution >= 4 is 17.8 Å². The molecule has 0 saturated carbocycles. The van der Waals surface area contributed by atoms with Crippen LogP contribution in [0.1, 0.15) is 50.8 Å². The van der Waals surface area contributed by atoms with Crippen LogP contribution >= 0.6 is 0 Å². The lowest BCUT2D eigenvalue weighted by Crippen LogP contribution is -2.43. The van der Waals surface area contributed by atoms with Gasteiger partial charge in [0.2, 0.25) is 11.8 Å². The van der Waals surface area contributed by atoms with Gasteiger partial charge >= 0.3 is 5.97 Å². The van der Waals surface area contributed by atoms with E-state index in [9.17, 15) is 14.4 Å². The fraction of sp³-hybridized carbons (Fsp3) is 0.667. The molecule has 1 aliphatic rings. The number of nitrogens with one attached hydrogen (secondary N) is 2. The second kappa shape index (κ2) is 7.89. The van der Waals surface area contributed by atoms with Crippen LogP contribution in [0.3, 0.4) is 0 Å². The Balaban J connectivity index is 1.85. The topological polar surface area (TPSA) is 128 Å². The lowest BCUT2D eigenvalue weighted by atomic mass is 9.95. The Kier molecular flexibility index (Phi) is 5.88. The number of carboxylic acids is 1. The minimum absolute atomic E-state index is 0.0873. The molecule has 2 amide bonds. The molecule has 24 heavy (non-hydrogen) atoms. The monoisotopic (exact) mass is 337 g/mol. The smallest absolute Gasteiger partial charge is 0.311 e. The maximum atomic E-state index is 12.3. The van der Waals surface area contributed by atoms with Gasteiger partial charge in [0.1, 0.15) is 12.2 Å². The molecule has 1 aromatic heterocycles. The highest BCUT2D eigenvalue weighted by Gasteiger charge is 2.28. The van der Waals surface area contributed by atoms with Crippen LogP contribution in [-0.4, -0.2) is 56.1 Å². The molecule has 2 heterocycles. The summed E-state index contributed by atoms with van der Waals surface area (Å²) in [5.41, 5.74) is 0. The molecule has 0 radical (unpaired) electrons. The van der Waals surface area contributed by atoms with E-state index in [2.05, 4.69) is 20.5 Å². The highest BCUT2D eigenvalue weighted by Crippen LogP contribution is 2.19. The van der Waals surface area contributed by atoms with Gasteiger partial charge in [0, 0.05) is 25.4 Å². The number of hydrogen-bond donors (Lipinski definition) is 3. The highest BCUT2D eigenvalue weighted by molar-refractivity contribution is 5.80. The SMILES string of the molecule is CCC(=O)N1CCC(C(=O)N[C@@H](C)c2n[nH]c(CC(=O)O)n2)CC1. The van der Waals surface area contributed by atoms with Crippen LogP contribution in [0, 0.1) is 5.92 Å². The van der Waals surface area contributed by atoms with Crippen molar-refractivity contribution in [3.63, 3.8) is 0 Å². The Hall–Kier alpha value is -2.45. The van der Waals surface area contributed by atoms with Crippen molar-refractivity contribution in [2.75, 3.05) is 13.1 Å². The zero-order valence-electron chi connectivity index (χ0n) is 13.9. The third-order valence-electron chi connectivity index (χ3n) is 4.13. The second-order valence-electron chi connectivity index (χ2n) is 5.95. The van der Waals surface area contributed by atoms with Gasteiger partial charge in [-0.2, -0.15) is 5.10 Å². The molecule has 0 aliphatic carbocycles. The minimum atomic E-state index is -0.997. The van der Waals surface area contributed by atoms with E-state index in [0.29, 0.717) is 38.2 Å². The molecule has 1 saturated heterocycles. The van der Waals surface area contributed by atoms with E-state index in [1.807, 2.05) is 6.92 Å². The van der Waals surface area contributed by atoms with E-state index in [1.165, 1.54) is 0 Å². The van der Waals surface area contributed by atoms with Crippen molar-refractivity contribution < 1.29 is 19.5 Å². The molecule has 0 unspecified atom stereocenters. The molecule has 9 heteroatoms. The van der Waals surface area contributed by atoms with Crippen molar-refractivity contribution in [1.82, 2.24) is 25.4 Å². The lowest BCUT2D eigenvalue weighted by molar-refractivity contribution is -0.136. The maximum Gasteiger partial charge on any atom is 0.311 e. The average molecular weight is 337 g/mol. The molecule has 0 aromatic carbocycles. The molecule has 1 aromatic rings. The van der Waals surface area contributed by atoms with Gasteiger partial charge in [0.25, 0.3) is 0 Å². The number of rotatable bonds is 6. The maximum absolute atomic E-state index is 12.3. The second-order valence-corrected chi connectivity index (χ2v) is 5.95. The summed E-state index contributed by atoms with van der Waals surface area (Å²) in [6.45, 7) is 4.78. The first kappa shape index (κ1) is 17.9. The number of carboxylic acid groups (broad SMARTS) is 1. The number of nitrogens with zero attached hydrogens (tertiary/aromatic N) is 3. The standard InChI is InChI=1S/C15H23N5O4/c1-3-12(21)20-6-4-10(5-7-20)15(24)16-9(2)14-17-11(18-19-14)8-13(22)23/h9-10H,3-8H2,1-2H3,(H,16,24)(H,22,23)(H,17,18,19)/t9-/m0/s1. The fourth-order valence-corrected chi connectivity index (χ4v) is 2.74. The van der Waals surface area contributed by atoms with Crippen molar-refractivity contribution in [3.05, 3.63) is 11.6 Å². The number of aromatic nitrogens is 3. The van der Waals surface area contributed by atoms with E-state index in [-0.39, 0.29) is 30.0 Å². The zero-order valence-corrected chi connectivity index (χ0v) is 13.9. The van der Waals surface area contributed by atoms with Gasteiger partial charge in [-0.05, 0) is 19.8 Å².